The van der Waals surface area contributed by atoms with Crippen molar-refractivity contribution in [1.29, 1.82) is 0 Å². The highest BCUT2D eigenvalue weighted by Gasteiger charge is 2.19. The lowest BCUT2D eigenvalue weighted by Crippen LogP contribution is -1.97. The van der Waals surface area contributed by atoms with Crippen LogP contribution in [0.4, 0.5) is 0 Å². The molecule has 0 saturated heterocycles. The van der Waals surface area contributed by atoms with Gasteiger partial charge in [-0.2, -0.15) is 0 Å². The SMILES string of the molecule is c1ccc(-c2cc(-c3ccc4sc5ccccc5c4c3)cc(-c3cc(-c4ccccc4-c4cccc5oc6ccccc6c45)nc(-c4ccccc4)n3)c2)cc1. The first-order valence-corrected chi connectivity index (χ1v) is 19.6. The maximum Gasteiger partial charge on any atom is 0.160 e. The van der Waals surface area contributed by atoms with E-state index in [1.165, 1.54) is 25.7 Å². The van der Waals surface area contributed by atoms with Crippen molar-refractivity contribution in [3.8, 4) is 67.3 Å². The van der Waals surface area contributed by atoms with Crippen molar-refractivity contribution in [3.63, 3.8) is 0 Å². The normalized spacial score (nSPS) is 11.6. The minimum Gasteiger partial charge on any atom is -0.456 e. The Morgan fingerprint density at radius 1 is 0.339 bits per heavy atom. The Morgan fingerprint density at radius 3 is 1.79 bits per heavy atom. The van der Waals surface area contributed by atoms with Gasteiger partial charge in [0.2, 0.25) is 0 Å². The highest BCUT2D eigenvalue weighted by atomic mass is 32.1. The van der Waals surface area contributed by atoms with Crippen LogP contribution in [0.5, 0.6) is 0 Å². The molecule has 0 saturated carbocycles. The molecule has 0 aliphatic heterocycles. The monoisotopic (exact) mass is 732 g/mol. The maximum atomic E-state index is 6.32. The Labute approximate surface area is 327 Å². The van der Waals surface area contributed by atoms with Crippen LogP contribution in [0.3, 0.4) is 0 Å². The lowest BCUT2D eigenvalue weighted by Gasteiger charge is -2.15. The Bertz CT molecular complexity index is 3250. The number of hydrogen-bond donors (Lipinski definition) is 0. The predicted octanol–water partition coefficient (Wildman–Crippen LogP) is 14.7. The minimum atomic E-state index is 0.678. The van der Waals surface area contributed by atoms with Gasteiger partial charge < -0.3 is 4.42 Å². The van der Waals surface area contributed by atoms with Crippen molar-refractivity contribution in [2.75, 3.05) is 0 Å². The number of benzene rings is 8. The third-order valence-corrected chi connectivity index (χ3v) is 11.9. The van der Waals surface area contributed by atoms with E-state index < -0.39 is 0 Å². The van der Waals surface area contributed by atoms with E-state index in [0.717, 1.165) is 77.8 Å². The third kappa shape index (κ3) is 5.58. The van der Waals surface area contributed by atoms with Gasteiger partial charge >= 0.3 is 0 Å². The molecule has 0 N–H and O–H groups in total. The van der Waals surface area contributed by atoms with E-state index in [0.29, 0.717) is 5.82 Å². The van der Waals surface area contributed by atoms with Gasteiger partial charge in [0.15, 0.2) is 5.82 Å². The van der Waals surface area contributed by atoms with Crippen LogP contribution >= 0.6 is 11.3 Å². The van der Waals surface area contributed by atoms with Gasteiger partial charge in [0.1, 0.15) is 11.2 Å². The number of aromatic nitrogens is 2. The molecule has 0 unspecified atom stereocenters. The first-order valence-electron chi connectivity index (χ1n) is 18.8. The van der Waals surface area contributed by atoms with E-state index in [1.54, 1.807) is 0 Å². The van der Waals surface area contributed by atoms with E-state index in [2.05, 4.69) is 158 Å². The van der Waals surface area contributed by atoms with Crippen LogP contribution < -0.4 is 0 Å². The molecule has 8 aromatic carbocycles. The second-order valence-corrected chi connectivity index (χ2v) is 15.2. The summed E-state index contributed by atoms with van der Waals surface area (Å²) in [7, 11) is 0. The van der Waals surface area contributed by atoms with Crippen molar-refractivity contribution in [3.05, 3.63) is 194 Å². The highest BCUT2D eigenvalue weighted by molar-refractivity contribution is 7.25. The zero-order valence-corrected chi connectivity index (χ0v) is 31.0. The maximum absolute atomic E-state index is 6.32. The molecular weight excluding hydrogens is 701 g/mol. The fourth-order valence-corrected chi connectivity index (χ4v) is 9.12. The van der Waals surface area contributed by atoms with Gasteiger partial charge in [-0.15, -0.1) is 11.3 Å². The summed E-state index contributed by atoms with van der Waals surface area (Å²) in [5, 5.41) is 4.77. The molecular formula is C52H32N2OS. The third-order valence-electron chi connectivity index (χ3n) is 10.7. The van der Waals surface area contributed by atoms with Crippen LogP contribution in [-0.4, -0.2) is 9.97 Å². The van der Waals surface area contributed by atoms with Crippen molar-refractivity contribution in [2.24, 2.45) is 0 Å². The lowest BCUT2D eigenvalue weighted by atomic mass is 9.92. The second kappa shape index (κ2) is 13.3. The Morgan fingerprint density at radius 2 is 0.946 bits per heavy atom. The summed E-state index contributed by atoms with van der Waals surface area (Å²) < 4.78 is 8.92. The molecule has 56 heavy (non-hydrogen) atoms. The summed E-state index contributed by atoms with van der Waals surface area (Å²) in [6, 6.07) is 68.6. The van der Waals surface area contributed by atoms with Gasteiger partial charge in [0.25, 0.3) is 0 Å². The molecule has 0 bridgehead atoms. The molecule has 3 nitrogen and oxygen atoms in total. The molecule has 0 spiro atoms. The van der Waals surface area contributed by atoms with Crippen LogP contribution in [0.25, 0.3) is 109 Å². The van der Waals surface area contributed by atoms with E-state index in [9.17, 15) is 0 Å². The smallest absolute Gasteiger partial charge is 0.160 e. The van der Waals surface area contributed by atoms with Gasteiger partial charge in [0.05, 0.1) is 11.4 Å². The van der Waals surface area contributed by atoms with E-state index in [1.807, 2.05) is 47.7 Å². The molecule has 11 rings (SSSR count). The Hall–Kier alpha value is -7.14. The van der Waals surface area contributed by atoms with Crippen molar-refractivity contribution in [1.82, 2.24) is 9.97 Å². The lowest BCUT2D eigenvalue weighted by molar-refractivity contribution is 0.669. The zero-order chi connectivity index (χ0) is 37.0. The van der Waals surface area contributed by atoms with Crippen LogP contribution in [0.15, 0.2) is 199 Å². The molecule has 0 radical (unpaired) electrons. The molecule has 0 atom stereocenters. The summed E-state index contributed by atoms with van der Waals surface area (Å²) in [6.45, 7) is 0. The molecule has 262 valence electrons. The number of thiophene rings is 1. The molecule has 4 heteroatoms. The number of para-hydroxylation sites is 1. The average Bonchev–Trinajstić information content (AvgIpc) is 3.85. The quantitative estimate of drug-likeness (QED) is 0.171. The fourth-order valence-electron chi connectivity index (χ4n) is 8.03. The van der Waals surface area contributed by atoms with E-state index >= 15 is 0 Å². The van der Waals surface area contributed by atoms with Gasteiger partial charge in [0, 0.05) is 47.6 Å². The standard InChI is InChI=1S/C52H32N2OS/c1-3-14-33(15-4-1)36-28-37(35-26-27-50-44(31-35)41-20-10-12-25-49(41)56-50)30-38(29-36)45-32-46(54-52(53-45)34-16-5-2-6-17-34)40-19-8-7-18-39(40)42-22-13-24-48-51(42)43-21-9-11-23-47(43)55-48/h1-32H. The van der Waals surface area contributed by atoms with Gasteiger partial charge in [-0.3, -0.25) is 0 Å². The summed E-state index contributed by atoms with van der Waals surface area (Å²) in [5.41, 5.74) is 13.3. The first-order chi connectivity index (χ1) is 27.7. The van der Waals surface area contributed by atoms with Crippen LogP contribution in [-0.2, 0) is 0 Å². The van der Waals surface area contributed by atoms with Crippen molar-refractivity contribution >= 4 is 53.4 Å². The summed E-state index contributed by atoms with van der Waals surface area (Å²) in [4.78, 5) is 10.6. The predicted molar refractivity (Wildman–Crippen MR) is 235 cm³/mol. The molecule has 0 fully saturated rings. The van der Waals surface area contributed by atoms with Crippen LogP contribution in [0, 0.1) is 0 Å². The Balaban J connectivity index is 1.14. The molecule has 0 aliphatic carbocycles. The van der Waals surface area contributed by atoms with E-state index in [-0.39, 0.29) is 0 Å². The number of rotatable bonds is 6. The number of hydrogen-bond acceptors (Lipinski definition) is 4. The van der Waals surface area contributed by atoms with E-state index in [4.69, 9.17) is 14.4 Å². The van der Waals surface area contributed by atoms with Crippen molar-refractivity contribution < 1.29 is 4.42 Å². The largest absolute Gasteiger partial charge is 0.456 e. The van der Waals surface area contributed by atoms with Crippen LogP contribution in [0.1, 0.15) is 0 Å². The highest BCUT2D eigenvalue weighted by Crippen LogP contribution is 2.42. The van der Waals surface area contributed by atoms with Gasteiger partial charge in [-0.05, 0) is 88.0 Å². The summed E-state index contributed by atoms with van der Waals surface area (Å²) in [6.07, 6.45) is 0. The molecule has 0 aliphatic rings. The van der Waals surface area contributed by atoms with Crippen LogP contribution in [0.2, 0.25) is 0 Å². The summed E-state index contributed by atoms with van der Waals surface area (Å²) >= 11 is 1.84. The second-order valence-electron chi connectivity index (χ2n) is 14.1. The molecule has 0 amide bonds. The number of furan rings is 1. The van der Waals surface area contributed by atoms with Crippen molar-refractivity contribution in [2.45, 2.75) is 0 Å². The number of fused-ring (bicyclic) bond motifs is 6. The first kappa shape index (κ1) is 32.3. The Kier molecular flexibility index (Phi) is 7.68. The fraction of sp³-hybridized carbons (Fsp3) is 0. The number of nitrogens with zero attached hydrogens (tertiary/aromatic N) is 2. The molecule has 11 aromatic rings. The molecule has 3 aromatic heterocycles. The zero-order valence-electron chi connectivity index (χ0n) is 30.2. The average molecular weight is 733 g/mol. The molecule has 3 heterocycles. The topological polar surface area (TPSA) is 38.9 Å². The van der Waals surface area contributed by atoms with Gasteiger partial charge in [-0.1, -0.05) is 140 Å². The van der Waals surface area contributed by atoms with Gasteiger partial charge in [-0.25, -0.2) is 9.97 Å². The summed E-state index contributed by atoms with van der Waals surface area (Å²) in [5.74, 6) is 0.678. The minimum absolute atomic E-state index is 0.678.